The molecule has 4 heteroatoms. The normalized spacial score (nSPS) is 24.9. The predicted octanol–water partition coefficient (Wildman–Crippen LogP) is 3.18. The van der Waals surface area contributed by atoms with Gasteiger partial charge in [0.15, 0.2) is 0 Å². The van der Waals surface area contributed by atoms with Crippen LogP contribution in [0.4, 0.5) is 5.69 Å². The van der Waals surface area contributed by atoms with Crippen molar-refractivity contribution in [3.8, 4) is 6.07 Å². The Morgan fingerprint density at radius 1 is 1.40 bits per heavy atom. The van der Waals surface area contributed by atoms with Gasteiger partial charge < -0.3 is 10.2 Å². The van der Waals surface area contributed by atoms with Gasteiger partial charge in [-0.3, -0.25) is 0 Å². The number of hydrogen-bond donors (Lipinski definition) is 1. The molecule has 0 aliphatic carbocycles. The number of nitrogens with one attached hydrogen (secondary N) is 1. The number of hydrogen-bond acceptors (Lipinski definition) is 3. The molecule has 106 valence electrons. The molecule has 0 saturated carbocycles. The van der Waals surface area contributed by atoms with Crippen LogP contribution in [0.15, 0.2) is 18.2 Å². The third kappa shape index (κ3) is 2.39. The molecule has 1 aromatic rings. The Bertz CT molecular complexity index is 543. The van der Waals surface area contributed by atoms with Gasteiger partial charge in [-0.25, -0.2) is 0 Å². The van der Waals surface area contributed by atoms with Crippen molar-refractivity contribution in [2.75, 3.05) is 24.5 Å². The number of nitriles is 1. The molecular formula is C16H20ClN3. The second kappa shape index (κ2) is 5.27. The van der Waals surface area contributed by atoms with Crippen LogP contribution in [-0.4, -0.2) is 25.7 Å². The van der Waals surface area contributed by atoms with Crippen LogP contribution in [0.2, 0.25) is 5.02 Å². The van der Waals surface area contributed by atoms with Crippen molar-refractivity contribution in [3.63, 3.8) is 0 Å². The predicted molar refractivity (Wildman–Crippen MR) is 82.1 cm³/mol. The van der Waals surface area contributed by atoms with Crippen LogP contribution in [0.3, 0.4) is 0 Å². The highest BCUT2D eigenvalue weighted by molar-refractivity contribution is 6.32. The van der Waals surface area contributed by atoms with E-state index in [1.54, 1.807) is 0 Å². The lowest BCUT2D eigenvalue weighted by Crippen LogP contribution is -2.38. The average molecular weight is 290 g/mol. The van der Waals surface area contributed by atoms with Gasteiger partial charge >= 0.3 is 0 Å². The summed E-state index contributed by atoms with van der Waals surface area (Å²) in [6.45, 7) is 5.67. The van der Waals surface area contributed by atoms with Crippen molar-refractivity contribution in [2.45, 2.75) is 32.2 Å². The quantitative estimate of drug-likeness (QED) is 0.863. The SMILES string of the molecule is CC1CC2(CCNCC2)CN1c1ccc(C#N)c(Cl)c1. The number of halogens is 1. The summed E-state index contributed by atoms with van der Waals surface area (Å²) in [5.74, 6) is 0. The lowest BCUT2D eigenvalue weighted by molar-refractivity contribution is 0.227. The van der Waals surface area contributed by atoms with E-state index in [9.17, 15) is 0 Å². The van der Waals surface area contributed by atoms with Gasteiger partial charge in [0.2, 0.25) is 0 Å². The molecule has 2 aliphatic rings. The van der Waals surface area contributed by atoms with Gasteiger partial charge in [-0.2, -0.15) is 5.26 Å². The van der Waals surface area contributed by atoms with E-state index in [4.69, 9.17) is 16.9 Å². The monoisotopic (exact) mass is 289 g/mol. The number of piperidine rings is 1. The highest BCUT2D eigenvalue weighted by Crippen LogP contribution is 2.44. The molecule has 1 aromatic carbocycles. The number of nitrogens with zero attached hydrogens (tertiary/aromatic N) is 2. The molecule has 1 N–H and O–H groups in total. The largest absolute Gasteiger partial charge is 0.368 e. The molecule has 2 saturated heterocycles. The van der Waals surface area contributed by atoms with Gasteiger partial charge in [0.25, 0.3) is 0 Å². The Labute approximate surface area is 125 Å². The molecule has 1 unspecified atom stereocenters. The minimum atomic E-state index is 0.463. The van der Waals surface area contributed by atoms with Crippen LogP contribution >= 0.6 is 11.6 Å². The van der Waals surface area contributed by atoms with E-state index in [2.05, 4.69) is 23.2 Å². The molecule has 1 spiro atoms. The summed E-state index contributed by atoms with van der Waals surface area (Å²) in [5.41, 5.74) is 2.17. The molecular weight excluding hydrogens is 270 g/mol. The maximum Gasteiger partial charge on any atom is 0.101 e. The van der Waals surface area contributed by atoms with Crippen LogP contribution in [0.25, 0.3) is 0 Å². The zero-order valence-electron chi connectivity index (χ0n) is 11.8. The molecule has 2 heterocycles. The molecule has 1 atom stereocenters. The molecule has 0 bridgehead atoms. The summed E-state index contributed by atoms with van der Waals surface area (Å²) in [5, 5.41) is 13.0. The van der Waals surface area contributed by atoms with Crippen LogP contribution in [0.1, 0.15) is 31.7 Å². The summed E-state index contributed by atoms with van der Waals surface area (Å²) in [7, 11) is 0. The van der Waals surface area contributed by atoms with Crippen molar-refractivity contribution in [2.24, 2.45) is 5.41 Å². The number of benzene rings is 1. The van der Waals surface area contributed by atoms with Crippen LogP contribution in [0, 0.1) is 16.7 Å². The lowest BCUT2D eigenvalue weighted by Gasteiger charge is -2.34. The van der Waals surface area contributed by atoms with Gasteiger partial charge in [0.05, 0.1) is 10.6 Å². The first kappa shape index (κ1) is 13.7. The van der Waals surface area contributed by atoms with Crippen molar-refractivity contribution in [3.05, 3.63) is 28.8 Å². The highest BCUT2D eigenvalue weighted by Gasteiger charge is 2.42. The first-order valence-corrected chi connectivity index (χ1v) is 7.68. The smallest absolute Gasteiger partial charge is 0.101 e. The molecule has 0 radical (unpaired) electrons. The molecule has 2 fully saturated rings. The fourth-order valence-electron chi connectivity index (χ4n) is 3.76. The van der Waals surface area contributed by atoms with E-state index < -0.39 is 0 Å². The summed E-state index contributed by atoms with van der Waals surface area (Å²) < 4.78 is 0. The zero-order valence-corrected chi connectivity index (χ0v) is 12.6. The van der Waals surface area contributed by atoms with Crippen molar-refractivity contribution >= 4 is 17.3 Å². The van der Waals surface area contributed by atoms with Gasteiger partial charge in [0, 0.05) is 18.3 Å². The molecule has 0 aromatic heterocycles. The maximum atomic E-state index is 8.97. The second-order valence-corrected chi connectivity index (χ2v) is 6.61. The zero-order chi connectivity index (χ0) is 14.2. The van der Waals surface area contributed by atoms with Gasteiger partial charge in [-0.15, -0.1) is 0 Å². The fraction of sp³-hybridized carbons (Fsp3) is 0.562. The van der Waals surface area contributed by atoms with E-state index in [-0.39, 0.29) is 0 Å². The Morgan fingerprint density at radius 2 is 2.15 bits per heavy atom. The van der Waals surface area contributed by atoms with Crippen LogP contribution in [-0.2, 0) is 0 Å². The second-order valence-electron chi connectivity index (χ2n) is 6.21. The van der Waals surface area contributed by atoms with E-state index in [0.717, 1.165) is 25.3 Å². The first-order chi connectivity index (χ1) is 9.63. The molecule has 2 aliphatic heterocycles. The summed E-state index contributed by atoms with van der Waals surface area (Å²) in [4.78, 5) is 2.46. The number of rotatable bonds is 1. The van der Waals surface area contributed by atoms with E-state index in [1.165, 1.54) is 19.3 Å². The standard InChI is InChI=1S/C16H20ClN3/c1-12-9-16(4-6-19-7-5-16)11-20(12)14-3-2-13(10-18)15(17)8-14/h2-3,8,12,19H,4-7,9,11H2,1H3. The first-order valence-electron chi connectivity index (χ1n) is 7.31. The molecule has 3 nitrogen and oxygen atoms in total. The highest BCUT2D eigenvalue weighted by atomic mass is 35.5. The minimum absolute atomic E-state index is 0.463. The fourth-order valence-corrected chi connectivity index (χ4v) is 3.97. The summed E-state index contributed by atoms with van der Waals surface area (Å²) in [6.07, 6.45) is 3.78. The molecule has 20 heavy (non-hydrogen) atoms. The molecule has 0 amide bonds. The van der Waals surface area contributed by atoms with Crippen molar-refractivity contribution in [1.29, 1.82) is 5.26 Å². The third-order valence-corrected chi connectivity index (χ3v) is 5.15. The van der Waals surface area contributed by atoms with Gasteiger partial charge in [-0.05, 0) is 62.9 Å². The lowest BCUT2D eigenvalue weighted by atomic mass is 9.77. The van der Waals surface area contributed by atoms with Crippen LogP contribution < -0.4 is 10.2 Å². The summed E-state index contributed by atoms with van der Waals surface area (Å²) >= 11 is 6.17. The Balaban J connectivity index is 1.84. The maximum absolute atomic E-state index is 8.97. The summed E-state index contributed by atoms with van der Waals surface area (Å²) in [6, 6.07) is 8.46. The van der Waals surface area contributed by atoms with Gasteiger partial charge in [-0.1, -0.05) is 11.6 Å². The van der Waals surface area contributed by atoms with Crippen molar-refractivity contribution < 1.29 is 0 Å². The Morgan fingerprint density at radius 3 is 2.80 bits per heavy atom. The van der Waals surface area contributed by atoms with E-state index >= 15 is 0 Å². The van der Waals surface area contributed by atoms with Gasteiger partial charge in [0.1, 0.15) is 6.07 Å². The third-order valence-electron chi connectivity index (χ3n) is 4.84. The van der Waals surface area contributed by atoms with E-state index in [0.29, 0.717) is 22.0 Å². The van der Waals surface area contributed by atoms with E-state index in [1.807, 2.05) is 18.2 Å². The average Bonchev–Trinajstić information content (AvgIpc) is 2.76. The number of anilines is 1. The Hall–Kier alpha value is -1.24. The topological polar surface area (TPSA) is 39.1 Å². The van der Waals surface area contributed by atoms with Crippen LogP contribution in [0.5, 0.6) is 0 Å². The van der Waals surface area contributed by atoms with Crippen molar-refractivity contribution in [1.82, 2.24) is 5.32 Å². The Kier molecular flexibility index (Phi) is 3.62. The minimum Gasteiger partial charge on any atom is -0.368 e. The molecule has 3 rings (SSSR count).